The summed E-state index contributed by atoms with van der Waals surface area (Å²) in [7, 11) is 0. The molecular weight excluding hydrogens is 552 g/mol. The number of hydrogen-bond donors (Lipinski definition) is 2. The second-order valence-electron chi connectivity index (χ2n) is 8.74. The van der Waals surface area contributed by atoms with Gasteiger partial charge in [0.1, 0.15) is 11.5 Å². The highest BCUT2D eigenvalue weighted by Gasteiger charge is 2.17. The number of benzene rings is 2. The third-order valence-electron chi connectivity index (χ3n) is 4.91. The van der Waals surface area contributed by atoms with Crippen LogP contribution >= 0.6 is 31.9 Å². The van der Waals surface area contributed by atoms with Gasteiger partial charge in [-0.15, -0.1) is 0 Å². The van der Waals surface area contributed by atoms with Crippen LogP contribution in [0.3, 0.4) is 0 Å². The molecule has 2 rings (SSSR count). The summed E-state index contributed by atoms with van der Waals surface area (Å²) < 4.78 is 12.9. The predicted octanol–water partition coefficient (Wildman–Crippen LogP) is 6.31. The van der Waals surface area contributed by atoms with Gasteiger partial charge in [0.15, 0.2) is 6.61 Å². The molecule has 0 spiro atoms. The molecule has 0 heterocycles. The molecule has 0 saturated carbocycles. The van der Waals surface area contributed by atoms with Crippen molar-refractivity contribution in [1.29, 1.82) is 0 Å². The van der Waals surface area contributed by atoms with E-state index in [1.54, 1.807) is 12.1 Å². The first-order valence-corrected chi connectivity index (χ1v) is 12.6. The maximum Gasteiger partial charge on any atom is 0.276 e. The van der Waals surface area contributed by atoms with Crippen LogP contribution in [0.15, 0.2) is 45.3 Å². The lowest BCUT2D eigenvalue weighted by atomic mass is 9.87. The van der Waals surface area contributed by atoms with Gasteiger partial charge in [0.25, 0.3) is 11.8 Å². The Morgan fingerprint density at radius 1 is 0.909 bits per heavy atom. The molecule has 0 fully saturated rings. The highest BCUT2D eigenvalue weighted by atomic mass is 79.9. The van der Waals surface area contributed by atoms with Gasteiger partial charge in [-0.3, -0.25) is 20.4 Å². The SMILES string of the molecule is CCCCCCOc1ccc(Br)cc1C(=O)NNC(=O)COc1ccc(C(C)(C)C)cc1Br. The van der Waals surface area contributed by atoms with E-state index in [4.69, 9.17) is 9.47 Å². The van der Waals surface area contributed by atoms with Crippen LogP contribution < -0.4 is 20.3 Å². The number of carbonyl (C=O) groups is 2. The minimum absolute atomic E-state index is 0.00716. The summed E-state index contributed by atoms with van der Waals surface area (Å²) in [5.41, 5.74) is 6.30. The van der Waals surface area contributed by atoms with Crippen LogP contribution in [-0.2, 0) is 10.2 Å². The number of ether oxygens (including phenoxy) is 2. The maximum absolute atomic E-state index is 12.6. The number of rotatable bonds is 10. The molecule has 2 amide bonds. The standard InChI is InChI=1S/C25H32Br2N2O4/c1-5-6-7-8-13-32-21-12-10-18(26)15-19(21)24(31)29-28-23(30)16-33-22-11-9-17(14-20(22)27)25(2,3)4/h9-12,14-15H,5-8,13,16H2,1-4H3,(H,28,30)(H,29,31). The molecule has 0 unspecified atom stereocenters. The molecule has 0 bridgehead atoms. The van der Waals surface area contributed by atoms with E-state index in [-0.39, 0.29) is 12.0 Å². The molecule has 33 heavy (non-hydrogen) atoms. The second-order valence-corrected chi connectivity index (χ2v) is 10.5. The minimum Gasteiger partial charge on any atom is -0.493 e. The van der Waals surface area contributed by atoms with Gasteiger partial charge in [0.2, 0.25) is 0 Å². The fraction of sp³-hybridized carbons (Fsp3) is 0.440. The number of unbranched alkanes of at least 4 members (excludes halogenated alkanes) is 3. The van der Waals surface area contributed by atoms with Crippen molar-refractivity contribution in [2.24, 2.45) is 0 Å². The van der Waals surface area contributed by atoms with E-state index in [9.17, 15) is 9.59 Å². The first-order chi connectivity index (χ1) is 15.6. The molecule has 2 N–H and O–H groups in total. The maximum atomic E-state index is 12.6. The van der Waals surface area contributed by atoms with Crippen LogP contribution in [0.5, 0.6) is 11.5 Å². The minimum atomic E-state index is -0.479. The Bertz CT molecular complexity index is 958. The number of carbonyl (C=O) groups excluding carboxylic acids is 2. The Kier molecular flexibility index (Phi) is 10.7. The molecule has 0 aliphatic rings. The number of nitrogens with one attached hydrogen (secondary N) is 2. The summed E-state index contributed by atoms with van der Waals surface area (Å²) in [4.78, 5) is 24.8. The molecule has 0 radical (unpaired) electrons. The Morgan fingerprint density at radius 2 is 1.64 bits per heavy atom. The first-order valence-electron chi connectivity index (χ1n) is 11.1. The molecule has 0 aliphatic heterocycles. The number of halogens is 2. The molecule has 6 nitrogen and oxygen atoms in total. The summed E-state index contributed by atoms with van der Waals surface area (Å²) in [6.45, 7) is 8.82. The van der Waals surface area contributed by atoms with E-state index >= 15 is 0 Å². The first kappa shape index (κ1) is 27.2. The average Bonchev–Trinajstić information content (AvgIpc) is 2.76. The molecule has 8 heteroatoms. The van der Waals surface area contributed by atoms with Crippen LogP contribution in [0, 0.1) is 0 Å². The monoisotopic (exact) mass is 582 g/mol. The second kappa shape index (κ2) is 13.0. The third kappa shape index (κ3) is 9.01. The highest BCUT2D eigenvalue weighted by molar-refractivity contribution is 9.10. The Labute approximate surface area is 213 Å². The summed E-state index contributed by atoms with van der Waals surface area (Å²) in [5, 5.41) is 0. The van der Waals surface area contributed by atoms with E-state index in [1.165, 1.54) is 0 Å². The van der Waals surface area contributed by atoms with Gasteiger partial charge in [0, 0.05) is 4.47 Å². The van der Waals surface area contributed by atoms with E-state index in [2.05, 4.69) is 70.4 Å². The van der Waals surface area contributed by atoms with Crippen molar-refractivity contribution >= 4 is 43.7 Å². The highest BCUT2D eigenvalue weighted by Crippen LogP contribution is 2.31. The summed E-state index contributed by atoms with van der Waals surface area (Å²) in [6, 6.07) is 11.0. The van der Waals surface area contributed by atoms with Gasteiger partial charge in [-0.1, -0.05) is 69.0 Å². The van der Waals surface area contributed by atoms with Gasteiger partial charge in [0.05, 0.1) is 16.6 Å². The number of hydrogen-bond acceptors (Lipinski definition) is 4. The van der Waals surface area contributed by atoms with Gasteiger partial charge >= 0.3 is 0 Å². The molecule has 2 aromatic carbocycles. The quantitative estimate of drug-likeness (QED) is 0.254. The normalized spacial score (nSPS) is 11.1. The molecule has 0 atom stereocenters. The van der Waals surface area contributed by atoms with Crippen LogP contribution in [-0.4, -0.2) is 25.0 Å². The summed E-state index contributed by atoms with van der Waals surface area (Å²) in [6.07, 6.45) is 4.31. The van der Waals surface area contributed by atoms with Gasteiger partial charge in [-0.05, 0) is 63.7 Å². The lowest BCUT2D eigenvalue weighted by Crippen LogP contribution is -2.44. The van der Waals surface area contributed by atoms with Crippen molar-refractivity contribution in [3.8, 4) is 11.5 Å². The number of amides is 2. The van der Waals surface area contributed by atoms with Crippen molar-refractivity contribution in [2.45, 2.75) is 58.8 Å². The molecular formula is C25H32Br2N2O4. The lowest BCUT2D eigenvalue weighted by molar-refractivity contribution is -0.123. The van der Waals surface area contributed by atoms with E-state index in [0.29, 0.717) is 23.7 Å². The van der Waals surface area contributed by atoms with Crippen LogP contribution in [0.1, 0.15) is 69.3 Å². The molecule has 0 aromatic heterocycles. The summed E-state index contributed by atoms with van der Waals surface area (Å²) in [5.74, 6) is 0.0758. The molecule has 0 aliphatic carbocycles. The Hall–Kier alpha value is -2.06. The Morgan fingerprint density at radius 3 is 2.30 bits per heavy atom. The zero-order valence-corrected chi connectivity index (χ0v) is 22.8. The Balaban J connectivity index is 1.89. The van der Waals surface area contributed by atoms with Gasteiger partial charge < -0.3 is 9.47 Å². The van der Waals surface area contributed by atoms with E-state index in [0.717, 1.165) is 40.2 Å². The lowest BCUT2D eigenvalue weighted by Gasteiger charge is -2.20. The van der Waals surface area contributed by atoms with Crippen LogP contribution in [0.2, 0.25) is 0 Å². The zero-order chi connectivity index (χ0) is 24.4. The summed E-state index contributed by atoms with van der Waals surface area (Å²) >= 11 is 6.86. The van der Waals surface area contributed by atoms with Crippen LogP contribution in [0.25, 0.3) is 0 Å². The van der Waals surface area contributed by atoms with Crippen molar-refractivity contribution in [3.05, 3.63) is 56.5 Å². The molecule has 2 aromatic rings. The van der Waals surface area contributed by atoms with Gasteiger partial charge in [-0.25, -0.2) is 0 Å². The van der Waals surface area contributed by atoms with Crippen molar-refractivity contribution in [1.82, 2.24) is 10.9 Å². The fourth-order valence-electron chi connectivity index (χ4n) is 2.97. The van der Waals surface area contributed by atoms with E-state index in [1.807, 2.05) is 24.3 Å². The average molecular weight is 584 g/mol. The van der Waals surface area contributed by atoms with E-state index < -0.39 is 11.8 Å². The van der Waals surface area contributed by atoms with Crippen molar-refractivity contribution in [2.75, 3.05) is 13.2 Å². The van der Waals surface area contributed by atoms with Crippen LogP contribution in [0.4, 0.5) is 0 Å². The molecule has 0 saturated heterocycles. The third-order valence-corrected chi connectivity index (χ3v) is 6.03. The topological polar surface area (TPSA) is 76.7 Å². The van der Waals surface area contributed by atoms with Gasteiger partial charge in [-0.2, -0.15) is 0 Å². The zero-order valence-electron chi connectivity index (χ0n) is 19.6. The van der Waals surface area contributed by atoms with Crippen molar-refractivity contribution in [3.63, 3.8) is 0 Å². The number of hydrazine groups is 1. The smallest absolute Gasteiger partial charge is 0.276 e. The fourth-order valence-corrected chi connectivity index (χ4v) is 3.83. The van der Waals surface area contributed by atoms with Crippen molar-refractivity contribution < 1.29 is 19.1 Å². The largest absolute Gasteiger partial charge is 0.493 e. The predicted molar refractivity (Wildman–Crippen MR) is 138 cm³/mol. The molecule has 180 valence electrons.